The van der Waals surface area contributed by atoms with Crippen LogP contribution in [0.25, 0.3) is 0 Å². The van der Waals surface area contributed by atoms with Crippen molar-refractivity contribution in [1.82, 2.24) is 4.98 Å². The Morgan fingerprint density at radius 3 is 2.26 bits per heavy atom. The molecule has 2 unspecified atom stereocenters. The third-order valence-electron chi connectivity index (χ3n) is 7.50. The fraction of sp³-hybridized carbons (Fsp3) is 0.379. The maximum Gasteiger partial charge on any atom is 0.168 e. The molecule has 176 valence electrons. The molecule has 2 aromatic carbocycles. The standard InChI is InChI=1S/C29H33N3OS/c1-20-14-21-16-22(15-20)18-29(2,17-21)23-6-8-25(9-7-23)32-34-27-12-10-24(11-13-27)30-28-5-3-4-26(19-33)31-28/h3-13,19-22,32H,14-18H2,1-2H3,(H,30,31). The first-order valence-corrected chi connectivity index (χ1v) is 13.1. The fourth-order valence-electron chi connectivity index (χ4n) is 6.22. The topological polar surface area (TPSA) is 54.0 Å². The maximum atomic E-state index is 10.9. The van der Waals surface area contributed by atoms with Gasteiger partial charge in [0.1, 0.15) is 11.5 Å². The Bertz CT molecular complexity index is 1110. The van der Waals surface area contributed by atoms with Crippen LogP contribution in [0.2, 0.25) is 0 Å². The van der Waals surface area contributed by atoms with Gasteiger partial charge in [0.15, 0.2) is 6.29 Å². The molecule has 0 spiro atoms. The minimum atomic E-state index is 0.322. The molecule has 2 atom stereocenters. The van der Waals surface area contributed by atoms with Gasteiger partial charge >= 0.3 is 0 Å². The van der Waals surface area contributed by atoms with Crippen LogP contribution in [0.1, 0.15) is 62.0 Å². The number of hydrogen-bond acceptors (Lipinski definition) is 5. The van der Waals surface area contributed by atoms with Crippen LogP contribution in [-0.2, 0) is 5.41 Å². The van der Waals surface area contributed by atoms with Crippen molar-refractivity contribution in [3.05, 3.63) is 78.0 Å². The van der Waals surface area contributed by atoms with Crippen molar-refractivity contribution in [2.24, 2.45) is 17.8 Å². The second kappa shape index (κ2) is 9.83. The summed E-state index contributed by atoms with van der Waals surface area (Å²) in [6.07, 6.45) is 7.71. The van der Waals surface area contributed by atoms with E-state index in [1.807, 2.05) is 24.3 Å². The van der Waals surface area contributed by atoms with Crippen LogP contribution < -0.4 is 10.0 Å². The first-order valence-electron chi connectivity index (χ1n) is 12.3. The molecule has 34 heavy (non-hydrogen) atoms. The molecule has 0 amide bonds. The van der Waals surface area contributed by atoms with E-state index in [-0.39, 0.29) is 0 Å². The highest BCUT2D eigenvalue weighted by molar-refractivity contribution is 8.00. The maximum absolute atomic E-state index is 10.9. The van der Waals surface area contributed by atoms with Crippen LogP contribution in [0.4, 0.5) is 17.2 Å². The molecule has 4 nitrogen and oxygen atoms in total. The third-order valence-corrected chi connectivity index (χ3v) is 8.35. The summed E-state index contributed by atoms with van der Waals surface area (Å²) < 4.78 is 3.48. The summed E-state index contributed by atoms with van der Waals surface area (Å²) in [5.74, 6) is 3.38. The van der Waals surface area contributed by atoms with Gasteiger partial charge in [0.2, 0.25) is 0 Å². The lowest BCUT2D eigenvalue weighted by Crippen LogP contribution is -2.38. The van der Waals surface area contributed by atoms with Crippen LogP contribution in [-0.4, -0.2) is 11.3 Å². The summed E-state index contributed by atoms with van der Waals surface area (Å²) >= 11 is 1.61. The van der Waals surface area contributed by atoms with Gasteiger partial charge in [-0.25, -0.2) is 4.98 Å². The number of nitrogens with zero attached hydrogens (tertiary/aromatic N) is 1. The van der Waals surface area contributed by atoms with Gasteiger partial charge in [-0.3, -0.25) is 4.79 Å². The van der Waals surface area contributed by atoms with Crippen LogP contribution in [0, 0.1) is 17.8 Å². The summed E-state index contributed by atoms with van der Waals surface area (Å²) in [7, 11) is 0. The fourth-order valence-corrected chi connectivity index (χ4v) is 6.87. The van der Waals surface area contributed by atoms with E-state index in [1.54, 1.807) is 18.0 Å². The first kappa shape index (κ1) is 23.0. The quantitative estimate of drug-likeness (QED) is 0.271. The van der Waals surface area contributed by atoms with Crippen molar-refractivity contribution in [3.63, 3.8) is 0 Å². The van der Waals surface area contributed by atoms with Gasteiger partial charge in [-0.2, -0.15) is 0 Å². The van der Waals surface area contributed by atoms with Gasteiger partial charge in [-0.1, -0.05) is 32.0 Å². The van der Waals surface area contributed by atoms with E-state index in [4.69, 9.17) is 0 Å². The molecule has 1 aromatic heterocycles. The molecule has 3 aromatic rings. The second-order valence-corrected chi connectivity index (χ2v) is 11.4. The Labute approximate surface area is 207 Å². The number of nitrogens with one attached hydrogen (secondary N) is 2. The SMILES string of the molecule is CC1CC2CC(C1)CC(C)(c1ccc(NSc3ccc(Nc4cccc(C=O)n4)cc3)cc1)C2. The Balaban J connectivity index is 1.17. The molecule has 1 heterocycles. The van der Waals surface area contributed by atoms with Crippen molar-refractivity contribution in [2.45, 2.75) is 56.3 Å². The summed E-state index contributed by atoms with van der Waals surface area (Å²) in [4.78, 5) is 16.3. The zero-order valence-corrected chi connectivity index (χ0v) is 20.8. The average Bonchev–Trinajstić information content (AvgIpc) is 2.83. The van der Waals surface area contributed by atoms with Crippen LogP contribution in [0.3, 0.4) is 0 Å². The molecule has 5 heteroatoms. The van der Waals surface area contributed by atoms with E-state index in [1.165, 1.54) is 37.7 Å². The van der Waals surface area contributed by atoms with Gasteiger partial charge in [0.05, 0.1) is 0 Å². The number of aromatic nitrogens is 1. The molecule has 2 aliphatic rings. The van der Waals surface area contributed by atoms with E-state index >= 15 is 0 Å². The number of hydrogen-bond donors (Lipinski definition) is 2. The van der Waals surface area contributed by atoms with Crippen molar-refractivity contribution >= 4 is 35.4 Å². The van der Waals surface area contributed by atoms with E-state index in [0.29, 0.717) is 16.9 Å². The van der Waals surface area contributed by atoms with Crippen molar-refractivity contribution in [3.8, 4) is 0 Å². The zero-order valence-electron chi connectivity index (χ0n) is 20.0. The molecule has 0 saturated heterocycles. The van der Waals surface area contributed by atoms with Crippen LogP contribution in [0.15, 0.2) is 71.6 Å². The lowest BCUT2D eigenvalue weighted by Gasteiger charge is -2.47. The van der Waals surface area contributed by atoms with Crippen LogP contribution in [0.5, 0.6) is 0 Å². The largest absolute Gasteiger partial charge is 0.340 e. The summed E-state index contributed by atoms with van der Waals surface area (Å²) in [6.45, 7) is 4.93. The molecular weight excluding hydrogens is 438 g/mol. The van der Waals surface area contributed by atoms with Gasteiger partial charge in [-0.05, 0) is 121 Å². The van der Waals surface area contributed by atoms with Gasteiger partial charge < -0.3 is 10.0 Å². The van der Waals surface area contributed by atoms with Gasteiger partial charge in [-0.15, -0.1) is 0 Å². The summed E-state index contributed by atoms with van der Waals surface area (Å²) in [5.41, 5.74) is 4.29. The molecule has 2 saturated carbocycles. The Hall–Kier alpha value is -2.79. The zero-order chi connectivity index (χ0) is 23.5. The predicted octanol–water partition coefficient (Wildman–Crippen LogP) is 7.86. The Kier molecular flexibility index (Phi) is 6.64. The van der Waals surface area contributed by atoms with Crippen molar-refractivity contribution in [1.29, 1.82) is 0 Å². The van der Waals surface area contributed by atoms with E-state index in [0.717, 1.165) is 40.3 Å². The van der Waals surface area contributed by atoms with Crippen molar-refractivity contribution in [2.75, 3.05) is 10.0 Å². The number of rotatable bonds is 7. The highest BCUT2D eigenvalue weighted by atomic mass is 32.2. The number of benzene rings is 2. The van der Waals surface area contributed by atoms with Gasteiger partial charge in [0.25, 0.3) is 0 Å². The molecule has 0 radical (unpaired) electrons. The Morgan fingerprint density at radius 1 is 0.912 bits per heavy atom. The summed E-state index contributed by atoms with van der Waals surface area (Å²) in [6, 6.07) is 22.7. The van der Waals surface area contributed by atoms with E-state index in [2.05, 4.69) is 65.3 Å². The minimum absolute atomic E-state index is 0.322. The molecule has 5 rings (SSSR count). The number of anilines is 3. The summed E-state index contributed by atoms with van der Waals surface area (Å²) in [5, 5.41) is 3.24. The monoisotopic (exact) mass is 471 g/mol. The lowest BCUT2D eigenvalue weighted by molar-refractivity contribution is 0.0899. The van der Waals surface area contributed by atoms with Crippen molar-refractivity contribution < 1.29 is 4.79 Å². The predicted molar refractivity (Wildman–Crippen MR) is 142 cm³/mol. The highest BCUT2D eigenvalue weighted by Gasteiger charge is 2.41. The number of carbonyl (C=O) groups is 1. The normalized spacial score (nSPS) is 26.0. The smallest absolute Gasteiger partial charge is 0.168 e. The first-order chi connectivity index (χ1) is 16.5. The number of aldehydes is 1. The molecule has 2 bridgehead atoms. The Morgan fingerprint density at radius 2 is 1.59 bits per heavy atom. The van der Waals surface area contributed by atoms with Gasteiger partial charge in [0, 0.05) is 16.3 Å². The molecule has 2 fully saturated rings. The number of pyridine rings is 1. The average molecular weight is 472 g/mol. The number of carbonyl (C=O) groups excluding carboxylic acids is 1. The highest BCUT2D eigenvalue weighted by Crippen LogP contribution is 2.51. The third kappa shape index (κ3) is 5.30. The molecule has 0 aliphatic heterocycles. The molecular formula is C29H33N3OS. The van der Waals surface area contributed by atoms with E-state index in [9.17, 15) is 4.79 Å². The minimum Gasteiger partial charge on any atom is -0.340 e. The number of fused-ring (bicyclic) bond motifs is 2. The molecule has 2 N–H and O–H groups in total. The van der Waals surface area contributed by atoms with Crippen LogP contribution >= 0.6 is 11.9 Å². The molecule has 2 aliphatic carbocycles. The lowest BCUT2D eigenvalue weighted by atomic mass is 9.57. The second-order valence-electron chi connectivity index (χ2n) is 10.5. The van der Waals surface area contributed by atoms with E-state index < -0.39 is 0 Å².